The first-order valence-electron chi connectivity index (χ1n) is 11.1. The fraction of sp³-hybridized carbons (Fsp3) is 0.280. The van der Waals surface area contributed by atoms with Gasteiger partial charge >= 0.3 is 11.7 Å². The number of amides is 1. The first-order valence-corrected chi connectivity index (χ1v) is 11.1. The van der Waals surface area contributed by atoms with Gasteiger partial charge in [-0.15, -0.1) is 0 Å². The van der Waals surface area contributed by atoms with Gasteiger partial charge in [0.05, 0.1) is 5.69 Å². The van der Waals surface area contributed by atoms with Gasteiger partial charge in [0.15, 0.2) is 5.56 Å². The zero-order valence-corrected chi connectivity index (χ0v) is 18.4. The normalized spacial score (nSPS) is 14.0. The molecule has 9 nitrogen and oxygen atoms in total. The first-order chi connectivity index (χ1) is 16.4. The molecule has 0 aliphatic heterocycles. The summed E-state index contributed by atoms with van der Waals surface area (Å²) in [6, 6.07) is 15.9. The molecule has 0 spiro atoms. The summed E-state index contributed by atoms with van der Waals surface area (Å²) in [5.74, 6) is -3.09. The lowest BCUT2D eigenvalue weighted by Crippen LogP contribution is -2.45. The van der Waals surface area contributed by atoms with Crippen molar-refractivity contribution < 1.29 is 19.8 Å². The Morgan fingerprint density at radius 3 is 2.15 bits per heavy atom. The molecule has 1 fully saturated rings. The van der Waals surface area contributed by atoms with Gasteiger partial charge in [0.2, 0.25) is 5.88 Å². The van der Waals surface area contributed by atoms with Gasteiger partial charge < -0.3 is 15.5 Å². The van der Waals surface area contributed by atoms with Crippen LogP contribution in [0.15, 0.2) is 64.2 Å². The molecule has 3 aromatic rings. The number of aromatic nitrogens is 2. The Morgan fingerprint density at radius 1 is 0.912 bits per heavy atom. The summed E-state index contributed by atoms with van der Waals surface area (Å²) in [6.07, 6.45) is 3.94. The molecule has 0 radical (unpaired) electrons. The van der Waals surface area contributed by atoms with Crippen molar-refractivity contribution in [3.05, 3.63) is 81.0 Å². The third-order valence-electron chi connectivity index (χ3n) is 6.07. The van der Waals surface area contributed by atoms with Crippen molar-refractivity contribution in [2.24, 2.45) is 0 Å². The van der Waals surface area contributed by atoms with Crippen LogP contribution in [0.5, 0.6) is 5.88 Å². The van der Waals surface area contributed by atoms with Crippen LogP contribution >= 0.6 is 0 Å². The number of aromatic hydroxyl groups is 1. The maximum atomic E-state index is 13.4. The number of nitrogens with one attached hydrogen (secondary N) is 1. The lowest BCUT2D eigenvalue weighted by Gasteiger charge is -2.26. The number of hydrogen-bond acceptors (Lipinski definition) is 5. The van der Waals surface area contributed by atoms with Crippen LogP contribution in [0.25, 0.3) is 16.8 Å². The van der Waals surface area contributed by atoms with E-state index in [1.54, 1.807) is 24.3 Å². The average Bonchev–Trinajstić information content (AvgIpc) is 2.84. The number of nitrogens with zero attached hydrogens (tertiary/aromatic N) is 2. The topological polar surface area (TPSA) is 131 Å². The molecule has 1 aromatic heterocycles. The zero-order chi connectivity index (χ0) is 24.2. The van der Waals surface area contributed by atoms with Gasteiger partial charge in [-0.2, -0.15) is 0 Å². The van der Waals surface area contributed by atoms with Gasteiger partial charge in [0.1, 0.15) is 6.54 Å². The number of benzene rings is 2. The van der Waals surface area contributed by atoms with Gasteiger partial charge in [0, 0.05) is 6.04 Å². The minimum Gasteiger partial charge on any atom is -0.494 e. The van der Waals surface area contributed by atoms with Gasteiger partial charge in [-0.1, -0.05) is 61.7 Å². The van der Waals surface area contributed by atoms with Crippen molar-refractivity contribution in [1.29, 1.82) is 0 Å². The van der Waals surface area contributed by atoms with E-state index in [-0.39, 0.29) is 11.7 Å². The van der Waals surface area contributed by atoms with Crippen LogP contribution in [0, 0.1) is 0 Å². The summed E-state index contributed by atoms with van der Waals surface area (Å²) in [7, 11) is 0. The molecule has 0 saturated heterocycles. The third kappa shape index (κ3) is 4.50. The van der Waals surface area contributed by atoms with Crippen LogP contribution in [0.3, 0.4) is 0 Å². The summed E-state index contributed by atoms with van der Waals surface area (Å²) < 4.78 is 1.96. The van der Waals surface area contributed by atoms with Gasteiger partial charge in [-0.3, -0.25) is 19.0 Å². The highest BCUT2D eigenvalue weighted by molar-refractivity contribution is 5.97. The molecular formula is C25H25N3O6. The Labute approximate surface area is 194 Å². The maximum Gasteiger partial charge on any atom is 0.338 e. The molecule has 2 aromatic carbocycles. The van der Waals surface area contributed by atoms with Gasteiger partial charge in [-0.25, -0.2) is 9.36 Å². The Kier molecular flexibility index (Phi) is 6.62. The second-order valence-electron chi connectivity index (χ2n) is 8.27. The van der Waals surface area contributed by atoms with E-state index in [0.29, 0.717) is 12.8 Å². The molecule has 1 amide bonds. The smallest absolute Gasteiger partial charge is 0.338 e. The Morgan fingerprint density at radius 2 is 1.53 bits per heavy atom. The van der Waals surface area contributed by atoms with E-state index in [1.807, 2.05) is 30.3 Å². The highest BCUT2D eigenvalue weighted by atomic mass is 16.4. The minimum atomic E-state index is -1.30. The summed E-state index contributed by atoms with van der Waals surface area (Å²) in [4.78, 5) is 50.3. The zero-order valence-electron chi connectivity index (χ0n) is 18.4. The van der Waals surface area contributed by atoms with Crippen molar-refractivity contribution in [3.8, 4) is 22.7 Å². The van der Waals surface area contributed by atoms with E-state index in [4.69, 9.17) is 5.11 Å². The number of carbonyl (C=O) groups excluding carboxylic acids is 1. The van der Waals surface area contributed by atoms with Crippen LogP contribution in [0.1, 0.15) is 48.5 Å². The number of carboxylic acid groups (broad SMARTS) is 1. The molecule has 3 N–H and O–H groups in total. The van der Waals surface area contributed by atoms with Crippen molar-refractivity contribution in [1.82, 2.24) is 14.5 Å². The number of carbonyl (C=O) groups is 2. The summed E-state index contributed by atoms with van der Waals surface area (Å²) in [5.41, 5.74) is -0.324. The van der Waals surface area contributed by atoms with Crippen LogP contribution in [0.2, 0.25) is 0 Å². The van der Waals surface area contributed by atoms with E-state index in [2.05, 4.69) is 5.32 Å². The summed E-state index contributed by atoms with van der Waals surface area (Å²) in [6.45, 7) is -0.730. The summed E-state index contributed by atoms with van der Waals surface area (Å²) in [5, 5.41) is 21.8. The maximum absolute atomic E-state index is 13.4. The molecular weight excluding hydrogens is 438 g/mol. The van der Waals surface area contributed by atoms with E-state index < -0.39 is 41.1 Å². The number of hydrogen-bond donors (Lipinski definition) is 3. The molecule has 9 heteroatoms. The molecule has 1 aliphatic rings. The van der Waals surface area contributed by atoms with E-state index >= 15 is 0 Å². The molecule has 0 bridgehead atoms. The number of aliphatic carboxylic acids is 1. The lowest BCUT2D eigenvalue weighted by atomic mass is 9.95. The van der Waals surface area contributed by atoms with Crippen molar-refractivity contribution in [3.63, 3.8) is 0 Å². The second kappa shape index (κ2) is 9.78. The SMILES string of the molecule is O=C(O)CNC(=O)c1c(O)n(C2CCCCC2)c(=O)n(-c2ccc(-c3ccccc3)cc2)c1=O. The van der Waals surface area contributed by atoms with Gasteiger partial charge in [-0.05, 0) is 36.1 Å². The quantitative estimate of drug-likeness (QED) is 0.515. The first kappa shape index (κ1) is 23.0. The van der Waals surface area contributed by atoms with Crippen LogP contribution in [-0.2, 0) is 4.79 Å². The number of carboxylic acids is 1. The largest absolute Gasteiger partial charge is 0.494 e. The van der Waals surface area contributed by atoms with Crippen LogP contribution in [-0.4, -0.2) is 37.8 Å². The third-order valence-corrected chi connectivity index (χ3v) is 6.07. The fourth-order valence-electron chi connectivity index (χ4n) is 4.39. The Bertz CT molecular complexity index is 1320. The van der Waals surface area contributed by atoms with Gasteiger partial charge in [0.25, 0.3) is 11.5 Å². The molecule has 0 atom stereocenters. The van der Waals surface area contributed by atoms with Crippen LogP contribution in [0.4, 0.5) is 0 Å². The average molecular weight is 463 g/mol. The van der Waals surface area contributed by atoms with Crippen molar-refractivity contribution in [2.75, 3.05) is 6.54 Å². The lowest BCUT2D eigenvalue weighted by molar-refractivity contribution is -0.135. The monoisotopic (exact) mass is 463 g/mol. The molecule has 176 valence electrons. The minimum absolute atomic E-state index is 0.242. The highest BCUT2D eigenvalue weighted by Crippen LogP contribution is 2.30. The molecule has 0 unspecified atom stereocenters. The van der Waals surface area contributed by atoms with Crippen molar-refractivity contribution in [2.45, 2.75) is 38.1 Å². The summed E-state index contributed by atoms with van der Waals surface area (Å²) >= 11 is 0. The van der Waals surface area contributed by atoms with Crippen LogP contribution < -0.4 is 16.6 Å². The molecule has 4 rings (SSSR count). The predicted octanol–water partition coefficient (Wildman–Crippen LogP) is 2.69. The number of rotatable bonds is 6. The molecule has 1 heterocycles. The van der Waals surface area contributed by atoms with Crippen molar-refractivity contribution >= 4 is 11.9 Å². The molecule has 34 heavy (non-hydrogen) atoms. The standard InChI is InChI=1S/C25H25N3O6/c29-20(30)15-26-22(31)21-23(32)27(18-9-5-2-6-10-18)25(34)28(24(21)33)19-13-11-17(12-14-19)16-7-3-1-4-8-16/h1,3-4,7-8,11-14,18,32H,2,5-6,9-10,15H2,(H,26,31)(H,29,30). The molecule has 1 aliphatic carbocycles. The van der Waals surface area contributed by atoms with E-state index in [1.165, 1.54) is 0 Å². The molecule has 1 saturated carbocycles. The Hall–Kier alpha value is -4.14. The predicted molar refractivity (Wildman–Crippen MR) is 125 cm³/mol. The van der Waals surface area contributed by atoms with E-state index in [9.17, 15) is 24.3 Å². The fourth-order valence-corrected chi connectivity index (χ4v) is 4.39. The van der Waals surface area contributed by atoms with E-state index in [0.717, 1.165) is 39.5 Å². The highest BCUT2D eigenvalue weighted by Gasteiger charge is 2.29. The second-order valence-corrected chi connectivity index (χ2v) is 8.27. The Balaban J connectivity index is 1.86.